The number of alkyl carbamates (subject to hydrolysis) is 1. The highest BCUT2D eigenvalue weighted by Gasteiger charge is 2.29. The average Bonchev–Trinajstić information content (AvgIpc) is 3.01. The normalized spacial score (nSPS) is 28.2. The number of rotatable bonds is 3. The van der Waals surface area contributed by atoms with Crippen LogP contribution in [-0.2, 0) is 11.2 Å². The number of nitrogens with two attached hydrogens (primary N) is 1. The Hall–Kier alpha value is -2.01. The summed E-state index contributed by atoms with van der Waals surface area (Å²) in [7, 11) is 0. The van der Waals surface area contributed by atoms with E-state index in [4.69, 9.17) is 10.5 Å². The molecule has 1 aromatic heterocycles. The van der Waals surface area contributed by atoms with Crippen molar-refractivity contribution in [1.29, 1.82) is 0 Å². The predicted molar refractivity (Wildman–Crippen MR) is 80.2 cm³/mol. The maximum atomic E-state index is 11.1. The van der Waals surface area contributed by atoms with Gasteiger partial charge in [-0.25, -0.2) is 4.79 Å². The average molecular weight is 285 g/mol. The fourth-order valence-electron chi connectivity index (χ4n) is 3.39. The van der Waals surface area contributed by atoms with E-state index in [-0.39, 0.29) is 12.1 Å². The summed E-state index contributed by atoms with van der Waals surface area (Å²) in [5.41, 5.74) is 9.67. The van der Waals surface area contributed by atoms with Crippen LogP contribution in [0, 0.1) is 0 Å². The molecule has 21 heavy (non-hydrogen) atoms. The summed E-state index contributed by atoms with van der Waals surface area (Å²) < 4.78 is 4.94. The molecular formula is C16H19N3O2. The van der Waals surface area contributed by atoms with E-state index in [1.165, 1.54) is 22.0 Å². The van der Waals surface area contributed by atoms with Crippen LogP contribution >= 0.6 is 0 Å². The molecule has 1 aliphatic heterocycles. The second kappa shape index (κ2) is 4.77. The van der Waals surface area contributed by atoms with Crippen LogP contribution < -0.4 is 11.1 Å². The largest absolute Gasteiger partial charge is 0.447 e. The van der Waals surface area contributed by atoms with Gasteiger partial charge in [0, 0.05) is 23.1 Å². The third-order valence-electron chi connectivity index (χ3n) is 4.61. The lowest BCUT2D eigenvalue weighted by atomic mass is 9.76. The van der Waals surface area contributed by atoms with Crippen molar-refractivity contribution in [3.63, 3.8) is 0 Å². The van der Waals surface area contributed by atoms with Gasteiger partial charge in [0.1, 0.15) is 6.61 Å². The zero-order valence-corrected chi connectivity index (χ0v) is 11.8. The fourth-order valence-corrected chi connectivity index (χ4v) is 3.39. The van der Waals surface area contributed by atoms with Crippen molar-refractivity contribution in [3.8, 4) is 0 Å². The number of carbonyl (C=O) groups is 1. The maximum absolute atomic E-state index is 11.1. The van der Waals surface area contributed by atoms with Gasteiger partial charge in [-0.2, -0.15) is 0 Å². The summed E-state index contributed by atoms with van der Waals surface area (Å²) >= 11 is 0. The van der Waals surface area contributed by atoms with Crippen LogP contribution in [0.15, 0.2) is 24.4 Å². The number of hydrogen-bond acceptors (Lipinski definition) is 3. The molecule has 0 radical (unpaired) electrons. The van der Waals surface area contributed by atoms with Crippen molar-refractivity contribution < 1.29 is 9.53 Å². The molecule has 2 aromatic rings. The summed E-state index contributed by atoms with van der Waals surface area (Å²) in [4.78, 5) is 14.4. The van der Waals surface area contributed by atoms with Crippen molar-refractivity contribution >= 4 is 17.0 Å². The molecule has 2 aliphatic rings. The van der Waals surface area contributed by atoms with Gasteiger partial charge in [-0.05, 0) is 48.4 Å². The van der Waals surface area contributed by atoms with E-state index in [1.807, 2.05) is 0 Å². The second-order valence-corrected chi connectivity index (χ2v) is 6.20. The van der Waals surface area contributed by atoms with Crippen molar-refractivity contribution in [2.75, 3.05) is 6.61 Å². The molecule has 0 bridgehead atoms. The molecule has 110 valence electrons. The Kier molecular flexibility index (Phi) is 2.89. The number of benzene rings is 1. The Morgan fingerprint density at radius 1 is 1.33 bits per heavy atom. The number of aromatic amines is 1. The van der Waals surface area contributed by atoms with E-state index in [1.54, 1.807) is 0 Å². The Bertz CT molecular complexity index is 688. The predicted octanol–water partition coefficient (Wildman–Crippen LogP) is 2.02. The molecular weight excluding hydrogens is 266 g/mol. The van der Waals surface area contributed by atoms with Crippen LogP contribution in [0.3, 0.4) is 0 Å². The first-order chi connectivity index (χ1) is 10.2. The summed E-state index contributed by atoms with van der Waals surface area (Å²) in [6.45, 7) is 0.453. The minimum Gasteiger partial charge on any atom is -0.447 e. The van der Waals surface area contributed by atoms with Crippen molar-refractivity contribution in [1.82, 2.24) is 10.3 Å². The molecule has 0 unspecified atom stereocenters. The number of fused-ring (bicyclic) bond motifs is 1. The number of amides is 1. The molecule has 2 heterocycles. The molecule has 1 saturated carbocycles. The lowest BCUT2D eigenvalue weighted by Crippen LogP contribution is -2.34. The van der Waals surface area contributed by atoms with Gasteiger partial charge in [0.05, 0.1) is 6.04 Å². The quantitative estimate of drug-likeness (QED) is 0.807. The molecule has 1 atom stereocenters. The van der Waals surface area contributed by atoms with E-state index in [2.05, 4.69) is 34.7 Å². The highest BCUT2D eigenvalue weighted by Crippen LogP contribution is 2.39. The highest BCUT2D eigenvalue weighted by atomic mass is 16.6. The lowest BCUT2D eigenvalue weighted by molar-refractivity contribution is 0.177. The zero-order valence-electron chi connectivity index (χ0n) is 11.8. The van der Waals surface area contributed by atoms with Crippen LogP contribution in [0.4, 0.5) is 4.79 Å². The van der Waals surface area contributed by atoms with Crippen molar-refractivity contribution in [2.24, 2.45) is 5.73 Å². The third-order valence-corrected chi connectivity index (χ3v) is 4.61. The van der Waals surface area contributed by atoms with Gasteiger partial charge in [-0.1, -0.05) is 6.07 Å². The van der Waals surface area contributed by atoms with Crippen LogP contribution in [0.1, 0.15) is 29.9 Å². The van der Waals surface area contributed by atoms with Crippen molar-refractivity contribution in [3.05, 3.63) is 35.5 Å². The van der Waals surface area contributed by atoms with Gasteiger partial charge in [0.2, 0.25) is 0 Å². The summed E-state index contributed by atoms with van der Waals surface area (Å²) in [6, 6.07) is 6.89. The molecule has 1 aromatic carbocycles. The standard InChI is InChI=1S/C16H19N3O2/c17-11-5-10(6-11)14-7-18-15-2-1-9(4-13(14)15)3-12-8-21-16(20)19-12/h1-2,4,7,10-12,18H,3,5-6,8,17H2,(H,19,20)/t10-,11-,12-/m0/s1. The Morgan fingerprint density at radius 2 is 2.19 bits per heavy atom. The van der Waals surface area contributed by atoms with Crippen LogP contribution in [0.2, 0.25) is 0 Å². The number of hydrogen-bond donors (Lipinski definition) is 3. The first-order valence-corrected chi connectivity index (χ1v) is 7.48. The number of cyclic esters (lactones) is 1. The summed E-state index contributed by atoms with van der Waals surface area (Å²) in [6.07, 6.45) is 4.75. The second-order valence-electron chi connectivity index (χ2n) is 6.20. The van der Waals surface area contributed by atoms with Gasteiger partial charge in [0.25, 0.3) is 0 Å². The monoisotopic (exact) mass is 285 g/mol. The molecule has 4 rings (SSSR count). The molecule has 5 nitrogen and oxygen atoms in total. The number of aromatic nitrogens is 1. The molecule has 1 aliphatic carbocycles. The van der Waals surface area contributed by atoms with E-state index >= 15 is 0 Å². The number of ether oxygens (including phenoxy) is 1. The Balaban J connectivity index is 1.59. The van der Waals surface area contributed by atoms with Crippen LogP contribution in [0.25, 0.3) is 10.9 Å². The molecule has 0 spiro atoms. The molecule has 1 amide bonds. The fraction of sp³-hybridized carbons (Fsp3) is 0.438. The molecule has 4 N–H and O–H groups in total. The lowest BCUT2D eigenvalue weighted by Gasteiger charge is -2.32. The third kappa shape index (κ3) is 2.27. The number of carbonyl (C=O) groups excluding carboxylic acids is 1. The minimum absolute atomic E-state index is 0.0782. The SMILES string of the molecule is N[C@H]1C[C@H](c2c[nH]c3ccc(C[C@H]4COC(=O)N4)cc32)C1. The van der Waals surface area contributed by atoms with Gasteiger partial charge in [0.15, 0.2) is 0 Å². The Labute approximate surface area is 122 Å². The van der Waals surface area contributed by atoms with Gasteiger partial charge < -0.3 is 20.8 Å². The Morgan fingerprint density at radius 3 is 2.90 bits per heavy atom. The maximum Gasteiger partial charge on any atom is 0.407 e. The number of H-pyrrole nitrogens is 1. The minimum atomic E-state index is -0.313. The molecule has 2 fully saturated rings. The van der Waals surface area contributed by atoms with E-state index in [9.17, 15) is 4.79 Å². The summed E-state index contributed by atoms with van der Waals surface area (Å²) in [5.74, 6) is 0.582. The van der Waals surface area contributed by atoms with E-state index in [0.29, 0.717) is 18.6 Å². The summed E-state index contributed by atoms with van der Waals surface area (Å²) in [5, 5.41) is 4.11. The van der Waals surface area contributed by atoms with Gasteiger partial charge in [-0.15, -0.1) is 0 Å². The molecule has 5 heteroatoms. The van der Waals surface area contributed by atoms with E-state index in [0.717, 1.165) is 19.3 Å². The van der Waals surface area contributed by atoms with Gasteiger partial charge >= 0.3 is 6.09 Å². The van der Waals surface area contributed by atoms with Crippen LogP contribution in [-0.4, -0.2) is 29.8 Å². The van der Waals surface area contributed by atoms with Crippen LogP contribution in [0.5, 0.6) is 0 Å². The highest BCUT2D eigenvalue weighted by molar-refractivity contribution is 5.84. The zero-order chi connectivity index (χ0) is 14.4. The first-order valence-electron chi connectivity index (χ1n) is 7.48. The topological polar surface area (TPSA) is 80.1 Å². The smallest absolute Gasteiger partial charge is 0.407 e. The van der Waals surface area contributed by atoms with E-state index < -0.39 is 0 Å². The molecule has 1 saturated heterocycles. The number of nitrogens with one attached hydrogen (secondary N) is 2. The first kappa shape index (κ1) is 12.7. The van der Waals surface area contributed by atoms with Crippen molar-refractivity contribution in [2.45, 2.75) is 37.3 Å². The van der Waals surface area contributed by atoms with Gasteiger partial charge in [-0.3, -0.25) is 0 Å².